The van der Waals surface area contributed by atoms with Gasteiger partial charge in [-0.2, -0.15) is 0 Å². The maximum absolute atomic E-state index is 12.4. The number of imidazole rings is 1. The first kappa shape index (κ1) is 18.7. The van der Waals surface area contributed by atoms with Crippen LogP contribution in [0.5, 0.6) is 0 Å². The van der Waals surface area contributed by atoms with Gasteiger partial charge in [-0.05, 0) is 42.7 Å². The van der Waals surface area contributed by atoms with Crippen molar-refractivity contribution in [2.24, 2.45) is 7.05 Å². The van der Waals surface area contributed by atoms with Gasteiger partial charge in [0.15, 0.2) is 10.9 Å². The number of amides is 1. The van der Waals surface area contributed by atoms with E-state index in [9.17, 15) is 4.79 Å². The summed E-state index contributed by atoms with van der Waals surface area (Å²) in [7, 11) is 1.95. The van der Waals surface area contributed by atoms with Crippen LogP contribution in [0.3, 0.4) is 0 Å². The van der Waals surface area contributed by atoms with Crippen LogP contribution >= 0.6 is 11.8 Å². The molecule has 0 radical (unpaired) electrons. The Morgan fingerprint density at radius 1 is 1.18 bits per heavy atom. The molecule has 0 unspecified atom stereocenters. The molecule has 1 fully saturated rings. The smallest absolute Gasteiger partial charge is 0.287 e. The van der Waals surface area contributed by atoms with Crippen molar-refractivity contribution in [1.82, 2.24) is 14.9 Å². The summed E-state index contributed by atoms with van der Waals surface area (Å²) in [6, 6.07) is 12.0. The molecule has 1 aliphatic rings. The van der Waals surface area contributed by atoms with Gasteiger partial charge in [0.25, 0.3) is 5.91 Å². The molecule has 1 saturated heterocycles. The first-order chi connectivity index (χ1) is 13.7. The maximum atomic E-state index is 12.4. The zero-order valence-electron chi connectivity index (χ0n) is 15.9. The molecule has 1 amide bonds. The lowest BCUT2D eigenvalue weighted by Crippen LogP contribution is -2.22. The summed E-state index contributed by atoms with van der Waals surface area (Å²) in [5, 5.41) is 3.84. The zero-order valence-corrected chi connectivity index (χ0v) is 16.7. The first-order valence-electron chi connectivity index (χ1n) is 9.50. The minimum Gasteiger partial charge on any atom is -0.455 e. The molecule has 1 N–H and O–H groups in total. The summed E-state index contributed by atoms with van der Waals surface area (Å²) in [6.07, 6.45) is 6.20. The van der Waals surface area contributed by atoms with Crippen LogP contribution in [0.1, 0.15) is 34.7 Å². The Labute approximate surface area is 168 Å². The van der Waals surface area contributed by atoms with Gasteiger partial charge in [0, 0.05) is 44.8 Å². The lowest BCUT2D eigenvalue weighted by Gasteiger charge is -2.17. The third-order valence-corrected chi connectivity index (χ3v) is 5.95. The molecule has 0 bridgehead atoms. The number of furan rings is 1. The summed E-state index contributed by atoms with van der Waals surface area (Å²) < 4.78 is 7.64. The number of aromatic nitrogens is 2. The minimum absolute atomic E-state index is 0.197. The molecule has 1 aromatic carbocycles. The highest BCUT2D eigenvalue weighted by atomic mass is 32.2. The van der Waals surface area contributed by atoms with E-state index < -0.39 is 0 Å². The highest BCUT2D eigenvalue weighted by Gasteiger charge is 2.13. The molecule has 3 aromatic rings. The Kier molecular flexibility index (Phi) is 5.71. The molecular formula is C21H24N4O2S. The van der Waals surface area contributed by atoms with Crippen molar-refractivity contribution in [2.75, 3.05) is 18.0 Å². The van der Waals surface area contributed by atoms with Gasteiger partial charge in [-0.1, -0.05) is 23.9 Å². The summed E-state index contributed by atoms with van der Waals surface area (Å²) >= 11 is 1.58. The standard InChI is InChI=1S/C21H24N4O2S/c1-24-13-10-22-21(24)28-15-18-8-9-19(27-18)20(26)23-14-16-4-6-17(7-5-16)25-11-2-3-12-25/h4-10,13H,2-3,11-12,14-15H2,1H3,(H,23,26). The van der Waals surface area contributed by atoms with Gasteiger partial charge in [-0.15, -0.1) is 0 Å². The number of anilines is 1. The van der Waals surface area contributed by atoms with E-state index in [0.29, 0.717) is 18.1 Å². The van der Waals surface area contributed by atoms with E-state index in [2.05, 4.69) is 39.5 Å². The Hall–Kier alpha value is -2.67. The van der Waals surface area contributed by atoms with E-state index in [1.807, 2.05) is 23.9 Å². The summed E-state index contributed by atoms with van der Waals surface area (Å²) in [4.78, 5) is 19.0. The van der Waals surface area contributed by atoms with Gasteiger partial charge in [0.05, 0.1) is 5.75 Å². The maximum Gasteiger partial charge on any atom is 0.287 e. The fraction of sp³-hybridized carbons (Fsp3) is 0.333. The second kappa shape index (κ2) is 8.56. The fourth-order valence-corrected chi connectivity index (χ4v) is 4.10. The van der Waals surface area contributed by atoms with E-state index in [1.54, 1.807) is 24.0 Å². The molecule has 0 atom stereocenters. The molecule has 3 heterocycles. The quantitative estimate of drug-likeness (QED) is 0.615. The normalized spacial score (nSPS) is 13.8. The largest absolute Gasteiger partial charge is 0.455 e. The molecule has 2 aromatic heterocycles. The molecular weight excluding hydrogens is 372 g/mol. The number of hydrogen-bond donors (Lipinski definition) is 1. The molecule has 28 heavy (non-hydrogen) atoms. The van der Waals surface area contributed by atoms with Crippen molar-refractivity contribution in [2.45, 2.75) is 30.3 Å². The summed E-state index contributed by atoms with van der Waals surface area (Å²) in [6.45, 7) is 2.75. The van der Waals surface area contributed by atoms with E-state index in [4.69, 9.17) is 4.42 Å². The molecule has 1 aliphatic heterocycles. The fourth-order valence-electron chi connectivity index (χ4n) is 3.27. The van der Waals surface area contributed by atoms with Crippen molar-refractivity contribution in [3.8, 4) is 0 Å². The third-order valence-electron chi connectivity index (χ3n) is 4.87. The number of hydrogen-bond acceptors (Lipinski definition) is 5. The number of nitrogens with one attached hydrogen (secondary N) is 1. The number of thioether (sulfide) groups is 1. The van der Waals surface area contributed by atoms with Gasteiger partial charge in [0.1, 0.15) is 5.76 Å². The number of benzene rings is 1. The van der Waals surface area contributed by atoms with Crippen LogP contribution in [0.15, 0.2) is 58.4 Å². The van der Waals surface area contributed by atoms with Crippen LogP contribution in [-0.2, 0) is 19.3 Å². The summed E-state index contributed by atoms with van der Waals surface area (Å²) in [5.74, 6) is 1.53. The van der Waals surface area contributed by atoms with Crippen molar-refractivity contribution in [3.63, 3.8) is 0 Å². The Bertz CT molecular complexity index is 926. The lowest BCUT2D eigenvalue weighted by atomic mass is 10.2. The second-order valence-electron chi connectivity index (χ2n) is 6.92. The molecule has 6 nitrogen and oxygen atoms in total. The van der Waals surface area contributed by atoms with Crippen molar-refractivity contribution < 1.29 is 9.21 Å². The highest BCUT2D eigenvalue weighted by Crippen LogP contribution is 2.22. The molecule has 4 rings (SSSR count). The molecule has 0 aliphatic carbocycles. The molecule has 146 valence electrons. The molecule has 0 saturated carbocycles. The predicted molar refractivity (Wildman–Crippen MR) is 111 cm³/mol. The Morgan fingerprint density at radius 3 is 2.68 bits per heavy atom. The van der Waals surface area contributed by atoms with Crippen molar-refractivity contribution in [3.05, 3.63) is 65.9 Å². The third kappa shape index (κ3) is 4.42. The number of nitrogens with zero attached hydrogens (tertiary/aromatic N) is 3. The number of carbonyl (C=O) groups is 1. The van der Waals surface area contributed by atoms with E-state index >= 15 is 0 Å². The Balaban J connectivity index is 1.28. The average Bonchev–Trinajstić information content (AvgIpc) is 3.47. The zero-order chi connectivity index (χ0) is 19.3. The lowest BCUT2D eigenvalue weighted by molar-refractivity contribution is 0.0922. The van der Waals surface area contributed by atoms with Gasteiger partial charge < -0.3 is 19.2 Å². The van der Waals surface area contributed by atoms with Crippen molar-refractivity contribution >= 4 is 23.4 Å². The molecule has 0 spiro atoms. The van der Waals surface area contributed by atoms with Crippen LogP contribution in [0.2, 0.25) is 0 Å². The van der Waals surface area contributed by atoms with E-state index in [0.717, 1.165) is 29.6 Å². The second-order valence-corrected chi connectivity index (χ2v) is 7.86. The van der Waals surface area contributed by atoms with Crippen LogP contribution in [-0.4, -0.2) is 28.5 Å². The van der Waals surface area contributed by atoms with Crippen LogP contribution < -0.4 is 10.2 Å². The Morgan fingerprint density at radius 2 is 1.96 bits per heavy atom. The van der Waals surface area contributed by atoms with Crippen LogP contribution in [0, 0.1) is 0 Å². The van der Waals surface area contributed by atoms with E-state index in [-0.39, 0.29) is 5.91 Å². The van der Waals surface area contributed by atoms with Gasteiger partial charge >= 0.3 is 0 Å². The number of carbonyl (C=O) groups excluding carboxylic acids is 1. The van der Waals surface area contributed by atoms with E-state index in [1.165, 1.54) is 18.5 Å². The number of aryl methyl sites for hydroxylation is 1. The van der Waals surface area contributed by atoms with Crippen LogP contribution in [0.4, 0.5) is 5.69 Å². The minimum atomic E-state index is -0.197. The van der Waals surface area contributed by atoms with Gasteiger partial charge in [-0.25, -0.2) is 4.98 Å². The van der Waals surface area contributed by atoms with Gasteiger partial charge in [-0.3, -0.25) is 4.79 Å². The first-order valence-corrected chi connectivity index (χ1v) is 10.5. The SMILES string of the molecule is Cn1ccnc1SCc1ccc(C(=O)NCc2ccc(N3CCCC3)cc2)o1. The van der Waals surface area contributed by atoms with Crippen LogP contribution in [0.25, 0.3) is 0 Å². The summed E-state index contributed by atoms with van der Waals surface area (Å²) in [5.41, 5.74) is 2.34. The monoisotopic (exact) mass is 396 g/mol. The number of rotatable bonds is 7. The topological polar surface area (TPSA) is 63.3 Å². The molecule has 7 heteroatoms. The average molecular weight is 397 g/mol. The van der Waals surface area contributed by atoms with Crippen molar-refractivity contribution in [1.29, 1.82) is 0 Å². The predicted octanol–water partition coefficient (Wildman–Crippen LogP) is 3.84. The highest BCUT2D eigenvalue weighted by molar-refractivity contribution is 7.98. The van der Waals surface area contributed by atoms with Gasteiger partial charge in [0.2, 0.25) is 0 Å².